The monoisotopic (exact) mass is 345 g/mol. The molecule has 0 spiro atoms. The third-order valence-corrected chi connectivity index (χ3v) is 4.48. The predicted octanol–water partition coefficient (Wildman–Crippen LogP) is 2.05. The highest BCUT2D eigenvalue weighted by Gasteiger charge is 2.41. The van der Waals surface area contributed by atoms with E-state index in [1.165, 1.54) is 12.1 Å². The van der Waals surface area contributed by atoms with Crippen molar-refractivity contribution in [1.82, 2.24) is 4.90 Å². The first-order chi connectivity index (χ1) is 11.4. The number of anilines is 2. The van der Waals surface area contributed by atoms with Gasteiger partial charge in [0.1, 0.15) is 0 Å². The van der Waals surface area contributed by atoms with Gasteiger partial charge in [-0.2, -0.15) is 13.2 Å². The summed E-state index contributed by atoms with van der Waals surface area (Å²) in [5, 5.41) is 2.97. The number of nitrogens with one attached hydrogen (secondary N) is 1. The zero-order chi connectivity index (χ0) is 17.2. The van der Waals surface area contributed by atoms with E-state index in [2.05, 4.69) is 10.2 Å². The first-order valence-corrected chi connectivity index (χ1v) is 7.96. The molecule has 2 aliphatic rings. The third kappa shape index (κ3) is 3.93. The summed E-state index contributed by atoms with van der Waals surface area (Å²) in [5.41, 5.74) is 4.76. The van der Waals surface area contributed by atoms with E-state index in [1.807, 2.05) is 0 Å². The first kappa shape index (κ1) is 17.3. The highest BCUT2D eigenvalue weighted by Crippen LogP contribution is 2.37. The van der Waals surface area contributed by atoms with Gasteiger partial charge in [0.2, 0.25) is 0 Å². The van der Waals surface area contributed by atoms with Crippen molar-refractivity contribution in [2.45, 2.75) is 6.18 Å². The van der Waals surface area contributed by atoms with Crippen molar-refractivity contribution in [2.75, 3.05) is 63.7 Å². The van der Waals surface area contributed by atoms with Gasteiger partial charge in [0.25, 0.3) is 0 Å². The van der Waals surface area contributed by atoms with E-state index >= 15 is 0 Å². The molecular weight excluding hydrogens is 323 g/mol. The lowest BCUT2D eigenvalue weighted by Crippen LogP contribution is -2.56. The topological polar surface area (TPSA) is 59.8 Å². The second kappa shape index (κ2) is 6.78. The van der Waals surface area contributed by atoms with Crippen LogP contribution in [0.2, 0.25) is 0 Å². The predicted molar refractivity (Wildman–Crippen MR) is 84.9 cm³/mol. The van der Waals surface area contributed by atoms with E-state index in [-0.39, 0.29) is 16.8 Å². The highest BCUT2D eigenvalue weighted by atomic mass is 19.4. The Balaban J connectivity index is 1.67. The minimum absolute atomic E-state index is 0.0601. The smallest absolute Gasteiger partial charge is 0.399 e. The molecule has 0 bridgehead atoms. The molecule has 0 aliphatic carbocycles. The summed E-state index contributed by atoms with van der Waals surface area (Å²) >= 11 is 0. The molecule has 134 valence electrons. The fourth-order valence-corrected chi connectivity index (χ4v) is 3.11. The molecule has 0 saturated carbocycles. The number of ether oxygens (including phenoxy) is 2. The maximum atomic E-state index is 13.2. The van der Waals surface area contributed by atoms with E-state index in [9.17, 15) is 13.2 Å². The molecule has 1 aromatic rings. The average molecular weight is 345 g/mol. The second-order valence-electron chi connectivity index (χ2n) is 6.54. The van der Waals surface area contributed by atoms with Crippen LogP contribution in [0.1, 0.15) is 5.56 Å². The SMILES string of the molecule is Nc1ccc(NCC2(CN3CCOCC3)COC2)c(C(F)(F)F)c1. The van der Waals surface area contributed by atoms with Gasteiger partial charge in [-0.3, -0.25) is 4.90 Å². The zero-order valence-electron chi connectivity index (χ0n) is 13.4. The lowest BCUT2D eigenvalue weighted by atomic mass is 9.84. The molecule has 0 unspecified atom stereocenters. The lowest BCUT2D eigenvalue weighted by Gasteiger charge is -2.45. The van der Waals surface area contributed by atoms with E-state index in [0.29, 0.717) is 33.0 Å². The number of nitrogens with two attached hydrogens (primary N) is 1. The Morgan fingerprint density at radius 1 is 1.17 bits per heavy atom. The van der Waals surface area contributed by atoms with Crippen LogP contribution in [0.25, 0.3) is 0 Å². The third-order valence-electron chi connectivity index (χ3n) is 4.48. The molecule has 2 heterocycles. The van der Waals surface area contributed by atoms with Crippen molar-refractivity contribution in [1.29, 1.82) is 0 Å². The molecule has 0 aromatic heterocycles. The normalized spacial score (nSPS) is 21.3. The molecule has 3 rings (SSSR count). The van der Waals surface area contributed by atoms with Crippen LogP contribution in [0.5, 0.6) is 0 Å². The summed E-state index contributed by atoms with van der Waals surface area (Å²) in [6.07, 6.45) is -4.44. The summed E-state index contributed by atoms with van der Waals surface area (Å²) in [4.78, 5) is 2.28. The van der Waals surface area contributed by atoms with Gasteiger partial charge in [0, 0.05) is 43.0 Å². The summed E-state index contributed by atoms with van der Waals surface area (Å²) < 4.78 is 50.2. The molecule has 3 N–H and O–H groups in total. The second-order valence-corrected chi connectivity index (χ2v) is 6.54. The molecule has 24 heavy (non-hydrogen) atoms. The Labute approximate surface area is 138 Å². The summed E-state index contributed by atoms with van der Waals surface area (Å²) in [6.45, 7) is 5.40. The minimum Gasteiger partial charge on any atom is -0.399 e. The van der Waals surface area contributed by atoms with Crippen LogP contribution in [-0.4, -0.2) is 57.5 Å². The Morgan fingerprint density at radius 2 is 1.88 bits per heavy atom. The number of hydrogen-bond donors (Lipinski definition) is 2. The van der Waals surface area contributed by atoms with Crippen molar-refractivity contribution in [3.05, 3.63) is 23.8 Å². The molecule has 1 aromatic carbocycles. The van der Waals surface area contributed by atoms with Crippen LogP contribution in [0.4, 0.5) is 24.5 Å². The molecule has 0 atom stereocenters. The van der Waals surface area contributed by atoms with Crippen molar-refractivity contribution in [3.63, 3.8) is 0 Å². The molecule has 5 nitrogen and oxygen atoms in total. The molecule has 8 heteroatoms. The van der Waals surface area contributed by atoms with Crippen LogP contribution < -0.4 is 11.1 Å². The molecule has 0 amide bonds. The van der Waals surface area contributed by atoms with E-state index in [0.717, 1.165) is 25.7 Å². The Kier molecular flexibility index (Phi) is 4.89. The van der Waals surface area contributed by atoms with Gasteiger partial charge in [-0.1, -0.05) is 0 Å². The number of alkyl halides is 3. The number of rotatable bonds is 5. The lowest BCUT2D eigenvalue weighted by molar-refractivity contribution is -0.137. The number of hydrogen-bond acceptors (Lipinski definition) is 5. The minimum atomic E-state index is -4.44. The molecule has 0 radical (unpaired) electrons. The van der Waals surface area contributed by atoms with Crippen LogP contribution in [-0.2, 0) is 15.7 Å². The standard InChI is InChI=1S/C16H22F3N3O2/c17-16(18,19)13-7-12(20)1-2-14(13)21-8-15(10-24-11-15)9-22-3-5-23-6-4-22/h1-2,7,21H,3-6,8-11,20H2. The van der Waals surface area contributed by atoms with Gasteiger partial charge in [-0.05, 0) is 18.2 Å². The maximum Gasteiger partial charge on any atom is 0.418 e. The largest absolute Gasteiger partial charge is 0.418 e. The maximum absolute atomic E-state index is 13.2. The molecule has 2 aliphatic heterocycles. The van der Waals surface area contributed by atoms with Crippen LogP contribution in [0.3, 0.4) is 0 Å². The Bertz CT molecular complexity index is 570. The number of benzene rings is 1. The number of halogens is 3. The van der Waals surface area contributed by atoms with Gasteiger partial charge in [0.15, 0.2) is 0 Å². The highest BCUT2D eigenvalue weighted by molar-refractivity contribution is 5.59. The number of nitrogen functional groups attached to an aromatic ring is 1. The quantitative estimate of drug-likeness (QED) is 0.800. The first-order valence-electron chi connectivity index (χ1n) is 7.96. The molecule has 2 fully saturated rings. The molecule has 2 saturated heterocycles. The van der Waals surface area contributed by atoms with Gasteiger partial charge in [-0.15, -0.1) is 0 Å². The molecular formula is C16H22F3N3O2. The van der Waals surface area contributed by atoms with Crippen molar-refractivity contribution >= 4 is 11.4 Å². The van der Waals surface area contributed by atoms with Crippen molar-refractivity contribution in [3.8, 4) is 0 Å². The number of morpholine rings is 1. The fourth-order valence-electron chi connectivity index (χ4n) is 3.11. The van der Waals surface area contributed by atoms with Crippen LogP contribution in [0, 0.1) is 5.41 Å². The Hall–Kier alpha value is -1.51. The van der Waals surface area contributed by atoms with Gasteiger partial charge in [-0.25, -0.2) is 0 Å². The van der Waals surface area contributed by atoms with Gasteiger partial charge < -0.3 is 20.5 Å². The zero-order valence-corrected chi connectivity index (χ0v) is 13.4. The fraction of sp³-hybridized carbons (Fsp3) is 0.625. The summed E-state index contributed by atoms with van der Waals surface area (Å²) in [6, 6.07) is 3.83. The van der Waals surface area contributed by atoms with E-state index in [4.69, 9.17) is 15.2 Å². The van der Waals surface area contributed by atoms with E-state index < -0.39 is 11.7 Å². The summed E-state index contributed by atoms with van der Waals surface area (Å²) in [7, 11) is 0. The van der Waals surface area contributed by atoms with Crippen LogP contribution in [0.15, 0.2) is 18.2 Å². The van der Waals surface area contributed by atoms with Crippen molar-refractivity contribution < 1.29 is 22.6 Å². The summed E-state index contributed by atoms with van der Waals surface area (Å²) in [5.74, 6) is 0. The van der Waals surface area contributed by atoms with Crippen LogP contribution >= 0.6 is 0 Å². The Morgan fingerprint density at radius 3 is 2.46 bits per heavy atom. The average Bonchev–Trinajstić information content (AvgIpc) is 2.51. The van der Waals surface area contributed by atoms with Gasteiger partial charge >= 0.3 is 6.18 Å². The number of nitrogens with zero attached hydrogens (tertiary/aromatic N) is 1. The van der Waals surface area contributed by atoms with E-state index in [1.54, 1.807) is 0 Å². The van der Waals surface area contributed by atoms with Crippen molar-refractivity contribution in [2.24, 2.45) is 5.41 Å². The van der Waals surface area contributed by atoms with Gasteiger partial charge in [0.05, 0.1) is 32.0 Å².